The second kappa shape index (κ2) is 5.63. The van der Waals surface area contributed by atoms with Gasteiger partial charge in [-0.1, -0.05) is 13.0 Å². The molecule has 0 spiro atoms. The van der Waals surface area contributed by atoms with Gasteiger partial charge in [-0.2, -0.15) is 0 Å². The number of rotatable bonds is 4. The van der Waals surface area contributed by atoms with Gasteiger partial charge in [0.25, 0.3) is 0 Å². The van der Waals surface area contributed by atoms with Crippen molar-refractivity contribution in [1.82, 2.24) is 4.98 Å². The number of pyridine rings is 1. The third-order valence-corrected chi connectivity index (χ3v) is 2.64. The van der Waals surface area contributed by atoms with Gasteiger partial charge in [-0.15, -0.1) is 0 Å². The molecule has 2 rings (SSSR count). The van der Waals surface area contributed by atoms with Crippen molar-refractivity contribution in [1.29, 1.82) is 0 Å². The second-order valence-corrected chi connectivity index (χ2v) is 4.35. The van der Waals surface area contributed by atoms with Crippen LogP contribution in [0.15, 0.2) is 36.4 Å². The third-order valence-electron chi connectivity index (χ3n) is 2.64. The third kappa shape index (κ3) is 3.06. The quantitative estimate of drug-likeness (QED) is 0.878. The number of halogens is 1. The van der Waals surface area contributed by atoms with Gasteiger partial charge < -0.3 is 5.32 Å². The Labute approximate surface area is 107 Å². The van der Waals surface area contributed by atoms with Crippen LogP contribution in [0.5, 0.6) is 0 Å². The molecule has 0 saturated heterocycles. The topological polar surface area (TPSA) is 24.9 Å². The Kier molecular flexibility index (Phi) is 3.92. The summed E-state index contributed by atoms with van der Waals surface area (Å²) in [5.41, 5.74) is 2.50. The van der Waals surface area contributed by atoms with Crippen molar-refractivity contribution in [2.75, 3.05) is 11.9 Å². The lowest BCUT2D eigenvalue weighted by atomic mass is 10.1. The van der Waals surface area contributed by atoms with Crippen molar-refractivity contribution >= 4 is 5.82 Å². The van der Waals surface area contributed by atoms with Gasteiger partial charge in [0.2, 0.25) is 0 Å². The Morgan fingerprint density at radius 2 is 2.06 bits per heavy atom. The Morgan fingerprint density at radius 3 is 2.78 bits per heavy atom. The molecule has 0 aliphatic carbocycles. The molecule has 0 amide bonds. The summed E-state index contributed by atoms with van der Waals surface area (Å²) >= 11 is 0. The molecular weight excluding hydrogens is 227 g/mol. The van der Waals surface area contributed by atoms with Crippen molar-refractivity contribution in [2.45, 2.75) is 20.3 Å². The monoisotopic (exact) mass is 244 g/mol. The van der Waals surface area contributed by atoms with Gasteiger partial charge in [0.1, 0.15) is 11.6 Å². The minimum absolute atomic E-state index is 0.223. The Balaban J connectivity index is 2.32. The van der Waals surface area contributed by atoms with E-state index in [1.54, 1.807) is 0 Å². The molecule has 1 aromatic heterocycles. The van der Waals surface area contributed by atoms with Crippen molar-refractivity contribution in [3.05, 3.63) is 47.8 Å². The predicted octanol–water partition coefficient (Wildman–Crippen LogP) is 4.02. The molecule has 1 heterocycles. The molecule has 94 valence electrons. The van der Waals surface area contributed by atoms with E-state index < -0.39 is 0 Å². The number of nitrogens with zero attached hydrogens (tertiary/aromatic N) is 1. The summed E-state index contributed by atoms with van der Waals surface area (Å²) in [5, 5.41) is 3.23. The summed E-state index contributed by atoms with van der Waals surface area (Å²) in [6.45, 7) is 4.87. The zero-order valence-corrected chi connectivity index (χ0v) is 10.7. The van der Waals surface area contributed by atoms with Gasteiger partial charge in [0.05, 0.1) is 5.69 Å². The number of aryl methyl sites for hydroxylation is 1. The van der Waals surface area contributed by atoms with Crippen molar-refractivity contribution in [3.8, 4) is 11.3 Å². The fourth-order valence-corrected chi connectivity index (χ4v) is 1.83. The van der Waals surface area contributed by atoms with Crippen molar-refractivity contribution in [3.63, 3.8) is 0 Å². The fraction of sp³-hybridized carbons (Fsp3) is 0.267. The maximum absolute atomic E-state index is 13.4. The number of hydrogen-bond acceptors (Lipinski definition) is 2. The molecule has 0 radical (unpaired) electrons. The summed E-state index contributed by atoms with van der Waals surface area (Å²) in [7, 11) is 0. The van der Waals surface area contributed by atoms with Crippen molar-refractivity contribution in [2.24, 2.45) is 0 Å². The highest BCUT2D eigenvalue weighted by atomic mass is 19.1. The van der Waals surface area contributed by atoms with E-state index in [1.165, 1.54) is 12.1 Å². The van der Waals surface area contributed by atoms with E-state index in [2.05, 4.69) is 17.2 Å². The molecule has 0 fully saturated rings. The zero-order valence-electron chi connectivity index (χ0n) is 10.7. The molecule has 0 atom stereocenters. The number of aromatic nitrogens is 1. The van der Waals surface area contributed by atoms with Gasteiger partial charge >= 0.3 is 0 Å². The summed E-state index contributed by atoms with van der Waals surface area (Å²) in [4.78, 5) is 4.48. The van der Waals surface area contributed by atoms with Crippen LogP contribution in [0.2, 0.25) is 0 Å². The Bertz CT molecular complexity index is 518. The Morgan fingerprint density at radius 1 is 1.22 bits per heavy atom. The first-order valence-electron chi connectivity index (χ1n) is 6.17. The molecule has 0 aliphatic rings. The summed E-state index contributed by atoms with van der Waals surface area (Å²) in [5.74, 6) is 0.606. The first-order valence-corrected chi connectivity index (χ1v) is 6.17. The molecule has 2 nitrogen and oxygen atoms in total. The van der Waals surface area contributed by atoms with Gasteiger partial charge in [-0.25, -0.2) is 9.37 Å². The van der Waals surface area contributed by atoms with E-state index in [9.17, 15) is 4.39 Å². The zero-order chi connectivity index (χ0) is 13.0. The van der Waals surface area contributed by atoms with Gasteiger partial charge in [-0.05, 0) is 49.2 Å². The molecule has 1 aromatic carbocycles. The van der Waals surface area contributed by atoms with Crippen LogP contribution in [-0.4, -0.2) is 11.5 Å². The number of nitrogens with one attached hydrogen (secondary N) is 1. The first kappa shape index (κ1) is 12.6. The maximum Gasteiger partial charge on any atom is 0.126 e. The lowest BCUT2D eigenvalue weighted by Crippen LogP contribution is -2.02. The molecule has 3 heteroatoms. The standard InChI is InChI=1S/C15H17FN2/c1-3-7-17-15-6-4-5-14(18-15)12-8-11(2)9-13(16)10-12/h4-6,8-10H,3,7H2,1-2H3,(H,17,18). The van der Waals surface area contributed by atoms with Crippen LogP contribution in [0.1, 0.15) is 18.9 Å². The second-order valence-electron chi connectivity index (χ2n) is 4.35. The molecule has 0 unspecified atom stereocenters. The maximum atomic E-state index is 13.4. The van der Waals surface area contributed by atoms with Gasteiger partial charge in [0, 0.05) is 12.1 Å². The summed E-state index contributed by atoms with van der Waals surface area (Å²) in [6, 6.07) is 10.7. The summed E-state index contributed by atoms with van der Waals surface area (Å²) < 4.78 is 13.4. The van der Waals surface area contributed by atoms with Gasteiger partial charge in [0.15, 0.2) is 0 Å². The van der Waals surface area contributed by atoms with E-state index in [1.807, 2.05) is 31.2 Å². The van der Waals surface area contributed by atoms with Crippen LogP contribution in [0.25, 0.3) is 11.3 Å². The number of hydrogen-bond donors (Lipinski definition) is 1. The smallest absolute Gasteiger partial charge is 0.126 e. The van der Waals surface area contributed by atoms with E-state index in [-0.39, 0.29) is 5.82 Å². The predicted molar refractivity (Wildman–Crippen MR) is 73.1 cm³/mol. The highest BCUT2D eigenvalue weighted by molar-refractivity contribution is 5.62. The molecule has 0 bridgehead atoms. The van der Waals surface area contributed by atoms with Crippen LogP contribution in [0.4, 0.5) is 10.2 Å². The van der Waals surface area contributed by atoms with Crippen LogP contribution in [0.3, 0.4) is 0 Å². The molecule has 18 heavy (non-hydrogen) atoms. The van der Waals surface area contributed by atoms with E-state index in [4.69, 9.17) is 0 Å². The number of benzene rings is 1. The first-order chi connectivity index (χ1) is 8.69. The summed E-state index contributed by atoms with van der Waals surface area (Å²) in [6.07, 6.45) is 1.05. The minimum Gasteiger partial charge on any atom is -0.370 e. The van der Waals surface area contributed by atoms with Crippen LogP contribution < -0.4 is 5.32 Å². The van der Waals surface area contributed by atoms with Crippen molar-refractivity contribution < 1.29 is 4.39 Å². The normalized spacial score (nSPS) is 10.4. The largest absolute Gasteiger partial charge is 0.370 e. The lowest BCUT2D eigenvalue weighted by Gasteiger charge is -2.07. The lowest BCUT2D eigenvalue weighted by molar-refractivity contribution is 0.627. The minimum atomic E-state index is -0.223. The molecular formula is C15H17FN2. The van der Waals surface area contributed by atoms with Crippen LogP contribution in [-0.2, 0) is 0 Å². The average molecular weight is 244 g/mol. The highest BCUT2D eigenvalue weighted by Crippen LogP contribution is 2.21. The molecule has 2 aromatic rings. The number of anilines is 1. The van der Waals surface area contributed by atoms with Crippen LogP contribution >= 0.6 is 0 Å². The van der Waals surface area contributed by atoms with E-state index >= 15 is 0 Å². The van der Waals surface area contributed by atoms with E-state index in [0.717, 1.165) is 35.6 Å². The molecule has 0 aliphatic heterocycles. The molecule has 0 saturated carbocycles. The van der Waals surface area contributed by atoms with Crippen LogP contribution in [0, 0.1) is 12.7 Å². The molecule has 1 N–H and O–H groups in total. The van der Waals surface area contributed by atoms with E-state index in [0.29, 0.717) is 0 Å². The average Bonchev–Trinajstić information content (AvgIpc) is 2.35. The highest BCUT2D eigenvalue weighted by Gasteiger charge is 2.03. The Hall–Kier alpha value is -1.90. The SMILES string of the molecule is CCCNc1cccc(-c2cc(C)cc(F)c2)n1. The van der Waals surface area contributed by atoms with Gasteiger partial charge in [-0.3, -0.25) is 0 Å². The fourth-order valence-electron chi connectivity index (χ4n) is 1.83.